The van der Waals surface area contributed by atoms with Gasteiger partial charge in [0.05, 0.1) is 0 Å². The molecule has 0 fully saturated rings. The highest BCUT2D eigenvalue weighted by atomic mass is 15.2. The Morgan fingerprint density at radius 1 is 0.452 bits per heavy atom. The van der Waals surface area contributed by atoms with Gasteiger partial charge in [0.25, 0.3) is 0 Å². The summed E-state index contributed by atoms with van der Waals surface area (Å²) in [5.41, 5.74) is 21.9. The van der Waals surface area contributed by atoms with Crippen LogP contribution in [0.5, 0.6) is 0 Å². The summed E-state index contributed by atoms with van der Waals surface area (Å²) in [6.45, 7) is 9.11. The van der Waals surface area contributed by atoms with E-state index in [1.54, 1.807) is 4.70 Å². The van der Waals surface area contributed by atoms with Gasteiger partial charge in [0.15, 0.2) is 0 Å². The second kappa shape index (κ2) is 19.7. The van der Waals surface area contributed by atoms with Gasteiger partial charge in [-0.15, -0.1) is 0 Å². The van der Waals surface area contributed by atoms with Crippen LogP contribution in [0.15, 0.2) is 59.7 Å². The maximum absolute atomic E-state index is 12.0. The Bertz CT molecular complexity index is 1130. The van der Waals surface area contributed by atoms with E-state index in [4.69, 9.17) is 0 Å². The van der Waals surface area contributed by atoms with Crippen molar-refractivity contribution in [2.75, 3.05) is 0 Å². The first-order valence-electron chi connectivity index (χ1n) is 17.8. The van der Waals surface area contributed by atoms with Crippen molar-refractivity contribution in [1.82, 2.24) is 0 Å². The molecule has 0 unspecified atom stereocenters. The van der Waals surface area contributed by atoms with E-state index in [2.05, 4.69) is 76.2 Å². The van der Waals surface area contributed by atoms with Crippen LogP contribution in [0.1, 0.15) is 166 Å². The molecule has 1 aliphatic rings. The van der Waals surface area contributed by atoms with Crippen molar-refractivity contribution in [2.45, 2.75) is 156 Å². The van der Waals surface area contributed by atoms with Crippen LogP contribution in [0.3, 0.4) is 0 Å². The molecular formula is C40H60N2. The topological polar surface area (TPSA) is 25.3 Å². The third kappa shape index (κ3) is 10.4. The molecule has 0 aromatic heterocycles. The van der Waals surface area contributed by atoms with Crippen LogP contribution in [0.25, 0.3) is 16.9 Å². The molecule has 0 aliphatic carbocycles. The van der Waals surface area contributed by atoms with Crippen LogP contribution in [0.4, 0.5) is 0 Å². The van der Waals surface area contributed by atoms with Gasteiger partial charge < -0.3 is 5.53 Å². The third-order valence-corrected chi connectivity index (χ3v) is 8.99. The molecule has 2 nitrogen and oxygen atoms in total. The monoisotopic (exact) mass is 568 g/mol. The zero-order valence-corrected chi connectivity index (χ0v) is 27.7. The predicted molar refractivity (Wildman–Crippen MR) is 184 cm³/mol. The van der Waals surface area contributed by atoms with E-state index >= 15 is 0 Å². The minimum absolute atomic E-state index is 1.02. The van der Waals surface area contributed by atoms with Gasteiger partial charge in [0.2, 0.25) is 11.4 Å². The second-order valence-corrected chi connectivity index (χ2v) is 12.6. The lowest BCUT2D eigenvalue weighted by molar-refractivity contribution is -0.345. The first-order valence-corrected chi connectivity index (χ1v) is 17.8. The van der Waals surface area contributed by atoms with Gasteiger partial charge in [-0.3, -0.25) is 0 Å². The zero-order chi connectivity index (χ0) is 30.0. The number of rotatable bonds is 22. The van der Waals surface area contributed by atoms with Crippen LogP contribution in [0, 0.1) is 0 Å². The Morgan fingerprint density at radius 2 is 0.905 bits per heavy atom. The maximum Gasteiger partial charge on any atom is 0.211 e. The fourth-order valence-electron chi connectivity index (χ4n) is 6.46. The highest BCUT2D eigenvalue weighted by molar-refractivity contribution is 5.82. The molecule has 230 valence electrons. The Morgan fingerprint density at radius 3 is 1.55 bits per heavy atom. The largest absolute Gasteiger partial charge is 0.493 e. The zero-order valence-electron chi connectivity index (χ0n) is 27.7. The van der Waals surface area contributed by atoms with Crippen molar-refractivity contribution < 1.29 is 4.70 Å². The molecule has 2 aromatic rings. The number of unbranched alkanes of at least 4 members (excludes halogenated alkanes) is 12. The van der Waals surface area contributed by atoms with Gasteiger partial charge in [-0.25, -0.2) is 4.70 Å². The molecule has 0 saturated carbocycles. The second-order valence-electron chi connectivity index (χ2n) is 12.6. The van der Waals surface area contributed by atoms with E-state index in [0.717, 1.165) is 42.6 Å². The van der Waals surface area contributed by atoms with Gasteiger partial charge in [0.1, 0.15) is 0 Å². The van der Waals surface area contributed by atoms with Crippen molar-refractivity contribution in [3.05, 3.63) is 87.5 Å². The smallest absolute Gasteiger partial charge is 0.211 e. The molecule has 1 heterocycles. The van der Waals surface area contributed by atoms with E-state index in [0.29, 0.717) is 0 Å². The number of hydrogen-bond acceptors (Lipinski definition) is 0. The average Bonchev–Trinajstić information content (AvgIpc) is 3.28. The quantitative estimate of drug-likeness (QED) is 0.0997. The molecule has 0 spiro atoms. The fourth-order valence-corrected chi connectivity index (χ4v) is 6.46. The van der Waals surface area contributed by atoms with Crippen LogP contribution in [-0.2, 0) is 12.8 Å². The summed E-state index contributed by atoms with van der Waals surface area (Å²) in [7, 11) is 0. The molecule has 0 atom stereocenters. The number of hydrogen-bond donors (Lipinski definition) is 0. The summed E-state index contributed by atoms with van der Waals surface area (Å²) in [6.07, 6.45) is 24.6. The molecule has 1 aliphatic heterocycles. The van der Waals surface area contributed by atoms with Gasteiger partial charge in [-0.2, -0.15) is 0 Å². The molecule has 2 heteroatoms. The lowest BCUT2D eigenvalue weighted by atomic mass is 9.91. The van der Waals surface area contributed by atoms with Crippen molar-refractivity contribution in [1.29, 1.82) is 0 Å². The molecule has 0 radical (unpaired) electrons. The predicted octanol–water partition coefficient (Wildman–Crippen LogP) is 13.0. The Kier molecular flexibility index (Phi) is 15.9. The maximum atomic E-state index is 12.0. The highest BCUT2D eigenvalue weighted by Gasteiger charge is 2.35. The van der Waals surface area contributed by atoms with E-state index in [-0.39, 0.29) is 0 Å². The van der Waals surface area contributed by atoms with Gasteiger partial charge in [-0.05, 0) is 86.8 Å². The molecule has 0 N–H and O–H groups in total. The van der Waals surface area contributed by atoms with Crippen molar-refractivity contribution >= 4 is 11.4 Å². The normalized spacial score (nSPS) is 13.6. The Balaban J connectivity index is 1.93. The standard InChI is InChI=1S/C40H60N2/c1-5-9-13-15-16-19-23-34-24-21-25-36(32-34)40-38(26-18-12-8-4)37(27-20-14-10-6-2)39(42(40)41)35-30-28-33(29-31-35)22-17-11-7-3/h21,24-25,28-32H,5-20,22-23,26-27H2,1-4H3. The number of allylic oxidation sites excluding steroid dienone is 2. The van der Waals surface area contributed by atoms with Crippen LogP contribution in [-0.4, -0.2) is 4.70 Å². The Hall–Kier alpha value is -2.48. The van der Waals surface area contributed by atoms with Crippen molar-refractivity contribution in [3.63, 3.8) is 0 Å². The summed E-state index contributed by atoms with van der Waals surface area (Å²) in [5.74, 6) is 0. The molecule has 42 heavy (non-hydrogen) atoms. The van der Waals surface area contributed by atoms with Crippen LogP contribution in [0.2, 0.25) is 0 Å². The minimum Gasteiger partial charge on any atom is -0.493 e. The summed E-state index contributed by atoms with van der Waals surface area (Å²) in [4.78, 5) is 0. The van der Waals surface area contributed by atoms with Crippen LogP contribution < -0.4 is 0 Å². The van der Waals surface area contributed by atoms with Crippen molar-refractivity contribution in [3.8, 4) is 0 Å². The van der Waals surface area contributed by atoms with Crippen LogP contribution >= 0.6 is 0 Å². The minimum atomic E-state index is 1.02. The molecule has 0 bridgehead atoms. The molecule has 3 rings (SSSR count). The average molecular weight is 569 g/mol. The molecule has 0 saturated heterocycles. The first kappa shape index (κ1) is 34.0. The SMILES string of the molecule is CCCCCCCCc1cccc(C2=C(CCCCC)C(CCCCCC)=C(c3ccc(CCCCC)cc3)[N+]2=[N-])c1. The van der Waals surface area contributed by atoms with Crippen molar-refractivity contribution in [2.24, 2.45) is 0 Å². The van der Waals surface area contributed by atoms with E-state index in [1.807, 2.05) is 0 Å². The summed E-state index contributed by atoms with van der Waals surface area (Å²) < 4.78 is 1.58. The Labute approximate surface area is 259 Å². The highest BCUT2D eigenvalue weighted by Crippen LogP contribution is 2.44. The summed E-state index contributed by atoms with van der Waals surface area (Å²) in [5, 5.41) is 0. The number of aryl methyl sites for hydroxylation is 2. The lowest BCUT2D eigenvalue weighted by Gasteiger charge is -2.11. The first-order chi connectivity index (χ1) is 20.6. The van der Waals surface area contributed by atoms with E-state index < -0.39 is 0 Å². The number of nitrogens with zero attached hydrogens (tertiary/aromatic N) is 2. The third-order valence-electron chi connectivity index (χ3n) is 8.99. The number of benzene rings is 2. The van der Waals surface area contributed by atoms with E-state index in [9.17, 15) is 5.53 Å². The molecular weight excluding hydrogens is 508 g/mol. The summed E-state index contributed by atoms with van der Waals surface area (Å²) >= 11 is 0. The van der Waals surface area contributed by atoms with Gasteiger partial charge in [0, 0.05) is 22.3 Å². The summed E-state index contributed by atoms with van der Waals surface area (Å²) in [6, 6.07) is 18.2. The van der Waals surface area contributed by atoms with E-state index in [1.165, 1.54) is 131 Å². The fraction of sp³-hybridized carbons (Fsp3) is 0.600. The van der Waals surface area contributed by atoms with Gasteiger partial charge >= 0.3 is 0 Å². The lowest BCUT2D eigenvalue weighted by Crippen LogP contribution is -2.03. The molecule has 0 amide bonds. The van der Waals surface area contributed by atoms with Gasteiger partial charge in [-0.1, -0.05) is 129 Å². The molecule has 2 aromatic carbocycles.